The van der Waals surface area contributed by atoms with E-state index in [9.17, 15) is 4.79 Å². The molecule has 0 amide bonds. The van der Waals surface area contributed by atoms with Gasteiger partial charge in [0.15, 0.2) is 0 Å². The first-order chi connectivity index (χ1) is 8.56. The highest BCUT2D eigenvalue weighted by molar-refractivity contribution is 5.66. The number of carbonyl (C=O) groups is 1. The van der Waals surface area contributed by atoms with Crippen LogP contribution in [0, 0.1) is 0 Å². The summed E-state index contributed by atoms with van der Waals surface area (Å²) in [6.07, 6.45) is 1.18. The van der Waals surface area contributed by atoms with Crippen LogP contribution in [0.25, 0.3) is 0 Å². The van der Waals surface area contributed by atoms with Crippen molar-refractivity contribution in [1.29, 1.82) is 0 Å². The van der Waals surface area contributed by atoms with Gasteiger partial charge in [-0.05, 0) is 25.8 Å². The number of hydrogen-bond donors (Lipinski definition) is 1. The summed E-state index contributed by atoms with van der Waals surface area (Å²) in [5.74, 6) is -0.733. The largest absolute Gasteiger partial charge is 0.481 e. The molecule has 0 aromatic heterocycles. The molecule has 1 rings (SSSR count). The highest BCUT2D eigenvalue weighted by atomic mass is 16.4. The van der Waals surface area contributed by atoms with Gasteiger partial charge in [0.25, 0.3) is 0 Å². The van der Waals surface area contributed by atoms with Crippen LogP contribution in [-0.2, 0) is 4.79 Å². The van der Waals surface area contributed by atoms with Crippen LogP contribution in [-0.4, -0.2) is 28.6 Å². The number of rotatable bonds is 7. The summed E-state index contributed by atoms with van der Waals surface area (Å²) in [7, 11) is 0. The molecule has 0 saturated carbocycles. The molecule has 0 aliphatic carbocycles. The van der Waals surface area contributed by atoms with Crippen LogP contribution in [0.15, 0.2) is 30.3 Å². The Kier molecular flexibility index (Phi) is 5.86. The summed E-state index contributed by atoms with van der Waals surface area (Å²) in [4.78, 5) is 13.0. The van der Waals surface area contributed by atoms with Crippen molar-refractivity contribution in [2.75, 3.05) is 6.54 Å². The zero-order chi connectivity index (χ0) is 13.5. The second-order valence-corrected chi connectivity index (χ2v) is 4.81. The van der Waals surface area contributed by atoms with E-state index in [2.05, 4.69) is 37.8 Å². The summed E-state index contributed by atoms with van der Waals surface area (Å²) in [6, 6.07) is 10.9. The van der Waals surface area contributed by atoms with Crippen LogP contribution >= 0.6 is 0 Å². The molecule has 1 aromatic rings. The van der Waals surface area contributed by atoms with E-state index in [-0.39, 0.29) is 6.42 Å². The van der Waals surface area contributed by atoms with Crippen molar-refractivity contribution in [3.05, 3.63) is 35.9 Å². The minimum atomic E-state index is -0.733. The van der Waals surface area contributed by atoms with Gasteiger partial charge in [-0.3, -0.25) is 9.69 Å². The van der Waals surface area contributed by atoms with Crippen LogP contribution in [0.2, 0.25) is 0 Å². The summed E-state index contributed by atoms with van der Waals surface area (Å²) in [6.45, 7) is 6.98. The molecule has 0 aliphatic heterocycles. The van der Waals surface area contributed by atoms with Crippen LogP contribution in [0.5, 0.6) is 0 Å². The first kappa shape index (κ1) is 14.7. The molecule has 0 heterocycles. The zero-order valence-electron chi connectivity index (χ0n) is 11.5. The fraction of sp³-hybridized carbons (Fsp3) is 0.533. The molecule has 1 unspecified atom stereocenters. The predicted molar refractivity (Wildman–Crippen MR) is 73.6 cm³/mol. The maximum atomic E-state index is 10.7. The quantitative estimate of drug-likeness (QED) is 0.806. The lowest BCUT2D eigenvalue weighted by Gasteiger charge is -2.34. The van der Waals surface area contributed by atoms with E-state index in [4.69, 9.17) is 5.11 Å². The lowest BCUT2D eigenvalue weighted by atomic mass is 10.0. The molecule has 3 heteroatoms. The Labute approximate surface area is 109 Å². The average Bonchev–Trinajstić information content (AvgIpc) is 2.34. The van der Waals surface area contributed by atoms with E-state index in [0.717, 1.165) is 6.42 Å². The smallest absolute Gasteiger partial charge is 0.304 e. The molecule has 0 bridgehead atoms. The van der Waals surface area contributed by atoms with Gasteiger partial charge < -0.3 is 5.11 Å². The van der Waals surface area contributed by atoms with Crippen LogP contribution in [0.4, 0.5) is 0 Å². The number of nitrogens with zero attached hydrogens (tertiary/aromatic N) is 1. The highest BCUT2D eigenvalue weighted by Crippen LogP contribution is 2.26. The van der Waals surface area contributed by atoms with Crippen molar-refractivity contribution >= 4 is 5.97 Å². The normalized spacial score (nSPS) is 12.9. The number of benzene rings is 1. The minimum Gasteiger partial charge on any atom is -0.481 e. The summed E-state index contributed by atoms with van der Waals surface area (Å²) >= 11 is 0. The van der Waals surface area contributed by atoms with Crippen molar-refractivity contribution in [3.63, 3.8) is 0 Å². The molecule has 0 saturated heterocycles. The van der Waals surface area contributed by atoms with E-state index in [1.807, 2.05) is 18.2 Å². The predicted octanol–water partition coefficient (Wildman–Crippen LogP) is 3.32. The number of carboxylic acid groups (broad SMARTS) is 1. The monoisotopic (exact) mass is 249 g/mol. The summed E-state index contributed by atoms with van der Waals surface area (Å²) in [5.41, 5.74) is 1.26. The van der Waals surface area contributed by atoms with Crippen molar-refractivity contribution in [2.45, 2.75) is 45.7 Å². The molecule has 1 atom stereocenters. The Balaban J connectivity index is 2.84. The fourth-order valence-electron chi connectivity index (χ4n) is 2.34. The zero-order valence-corrected chi connectivity index (χ0v) is 11.5. The third-order valence-corrected chi connectivity index (χ3v) is 3.22. The second kappa shape index (κ2) is 7.17. The van der Waals surface area contributed by atoms with E-state index >= 15 is 0 Å². The first-order valence-corrected chi connectivity index (χ1v) is 6.58. The van der Waals surface area contributed by atoms with Crippen molar-refractivity contribution in [1.82, 2.24) is 4.90 Å². The maximum Gasteiger partial charge on any atom is 0.304 e. The van der Waals surface area contributed by atoms with E-state index in [0.29, 0.717) is 18.6 Å². The van der Waals surface area contributed by atoms with Crippen LogP contribution in [0.1, 0.15) is 45.2 Å². The Hall–Kier alpha value is -1.35. The van der Waals surface area contributed by atoms with Gasteiger partial charge in [0.2, 0.25) is 0 Å². The lowest BCUT2D eigenvalue weighted by Crippen LogP contribution is -2.36. The molecule has 0 aliphatic rings. The van der Waals surface area contributed by atoms with Gasteiger partial charge >= 0.3 is 5.97 Å². The summed E-state index contributed by atoms with van der Waals surface area (Å²) in [5, 5.41) is 8.84. The van der Waals surface area contributed by atoms with E-state index < -0.39 is 5.97 Å². The van der Waals surface area contributed by atoms with Gasteiger partial charge in [-0.25, -0.2) is 0 Å². The topological polar surface area (TPSA) is 40.5 Å². The van der Waals surface area contributed by atoms with Crippen molar-refractivity contribution < 1.29 is 9.90 Å². The molecule has 100 valence electrons. The van der Waals surface area contributed by atoms with Gasteiger partial charge in [0.05, 0.1) is 6.42 Å². The lowest BCUT2D eigenvalue weighted by molar-refractivity contribution is -0.137. The Morgan fingerprint density at radius 1 is 1.28 bits per heavy atom. The average molecular weight is 249 g/mol. The molecular formula is C15H23NO2. The third kappa shape index (κ3) is 4.15. The molecule has 1 aromatic carbocycles. The molecular weight excluding hydrogens is 226 g/mol. The molecule has 1 N–H and O–H groups in total. The van der Waals surface area contributed by atoms with Crippen molar-refractivity contribution in [3.8, 4) is 0 Å². The minimum absolute atomic E-state index is 0.196. The standard InChI is InChI=1S/C15H23NO2/c1-4-14(13-8-6-5-7-9-13)16(12(2)3)11-10-15(17)18/h5-9,12,14H,4,10-11H2,1-3H3,(H,17,18). The number of carboxylic acids is 1. The number of hydrogen-bond acceptors (Lipinski definition) is 2. The van der Waals surface area contributed by atoms with Gasteiger partial charge in [-0.1, -0.05) is 37.3 Å². The third-order valence-electron chi connectivity index (χ3n) is 3.22. The van der Waals surface area contributed by atoms with Gasteiger partial charge in [0, 0.05) is 18.6 Å². The Bertz CT molecular complexity index is 362. The maximum absolute atomic E-state index is 10.7. The van der Waals surface area contributed by atoms with Crippen molar-refractivity contribution in [2.24, 2.45) is 0 Å². The highest BCUT2D eigenvalue weighted by Gasteiger charge is 2.21. The number of aliphatic carboxylic acids is 1. The van der Waals surface area contributed by atoms with E-state index in [1.54, 1.807) is 0 Å². The fourth-order valence-corrected chi connectivity index (χ4v) is 2.34. The van der Waals surface area contributed by atoms with Gasteiger partial charge in [-0.15, -0.1) is 0 Å². The molecule has 0 fully saturated rings. The molecule has 0 spiro atoms. The molecule has 3 nitrogen and oxygen atoms in total. The molecule has 0 radical (unpaired) electrons. The van der Waals surface area contributed by atoms with E-state index in [1.165, 1.54) is 5.56 Å². The van der Waals surface area contributed by atoms with Crippen LogP contribution in [0.3, 0.4) is 0 Å². The second-order valence-electron chi connectivity index (χ2n) is 4.81. The van der Waals surface area contributed by atoms with Gasteiger partial charge in [-0.2, -0.15) is 0 Å². The van der Waals surface area contributed by atoms with Crippen LogP contribution < -0.4 is 0 Å². The Morgan fingerprint density at radius 3 is 2.33 bits per heavy atom. The van der Waals surface area contributed by atoms with Gasteiger partial charge in [0.1, 0.15) is 0 Å². The SMILES string of the molecule is CCC(c1ccccc1)N(CCC(=O)O)C(C)C. The first-order valence-electron chi connectivity index (χ1n) is 6.58. The Morgan fingerprint density at radius 2 is 1.89 bits per heavy atom. The summed E-state index contributed by atoms with van der Waals surface area (Å²) < 4.78 is 0. The molecule has 18 heavy (non-hydrogen) atoms.